The Balaban J connectivity index is 2.97. The van der Waals surface area contributed by atoms with E-state index in [1.54, 1.807) is 20.8 Å². The Morgan fingerprint density at radius 3 is 2.67 bits per heavy atom. The van der Waals surface area contributed by atoms with Gasteiger partial charge in [0.05, 0.1) is 17.6 Å². The highest BCUT2D eigenvalue weighted by Crippen LogP contribution is 2.50. The SMILES string of the molecule is C#C[C@@H]1CC[C@@](C)(C(=O)OCC)[C@@]1(C)O. The standard InChI is InChI=1S/C12H18O3/c1-5-9-7-8-11(3,12(9,4)14)10(13)15-6-2/h1,9,14H,6-8H2,2-4H3/t9-,11+,12+/m1/s1. The first-order chi connectivity index (χ1) is 6.90. The highest BCUT2D eigenvalue weighted by molar-refractivity contribution is 5.78. The van der Waals surface area contributed by atoms with Crippen LogP contribution in [0.4, 0.5) is 0 Å². The number of hydrogen-bond acceptors (Lipinski definition) is 3. The second-order valence-electron chi connectivity index (χ2n) is 4.46. The van der Waals surface area contributed by atoms with Crippen molar-refractivity contribution in [3.63, 3.8) is 0 Å². The molecule has 1 aliphatic rings. The van der Waals surface area contributed by atoms with E-state index in [4.69, 9.17) is 11.2 Å². The average Bonchev–Trinajstić information content (AvgIpc) is 2.40. The quantitative estimate of drug-likeness (QED) is 0.553. The molecule has 84 valence electrons. The molecular formula is C12H18O3. The molecule has 0 aliphatic heterocycles. The minimum atomic E-state index is -1.17. The highest BCUT2D eigenvalue weighted by atomic mass is 16.5. The molecule has 0 saturated heterocycles. The molecule has 0 amide bonds. The van der Waals surface area contributed by atoms with Crippen molar-refractivity contribution in [2.24, 2.45) is 11.3 Å². The predicted molar refractivity (Wildman–Crippen MR) is 56.9 cm³/mol. The van der Waals surface area contributed by atoms with Crippen molar-refractivity contribution in [1.82, 2.24) is 0 Å². The molecule has 0 spiro atoms. The van der Waals surface area contributed by atoms with Gasteiger partial charge in [-0.3, -0.25) is 4.79 Å². The lowest BCUT2D eigenvalue weighted by atomic mass is 9.74. The van der Waals surface area contributed by atoms with Gasteiger partial charge >= 0.3 is 5.97 Å². The topological polar surface area (TPSA) is 46.5 Å². The van der Waals surface area contributed by atoms with Gasteiger partial charge in [0.2, 0.25) is 0 Å². The fourth-order valence-electron chi connectivity index (χ4n) is 2.20. The number of hydrogen-bond donors (Lipinski definition) is 1. The molecule has 1 fully saturated rings. The third-order valence-electron chi connectivity index (χ3n) is 3.66. The number of rotatable bonds is 2. The van der Waals surface area contributed by atoms with Crippen molar-refractivity contribution < 1.29 is 14.6 Å². The van der Waals surface area contributed by atoms with Gasteiger partial charge in [0.15, 0.2) is 0 Å². The molecule has 1 N–H and O–H groups in total. The van der Waals surface area contributed by atoms with Crippen LogP contribution in [0.3, 0.4) is 0 Å². The van der Waals surface area contributed by atoms with E-state index >= 15 is 0 Å². The van der Waals surface area contributed by atoms with E-state index in [1.807, 2.05) is 0 Å². The van der Waals surface area contributed by atoms with Crippen molar-refractivity contribution in [2.75, 3.05) is 6.61 Å². The van der Waals surface area contributed by atoms with Crippen LogP contribution in [-0.4, -0.2) is 23.3 Å². The van der Waals surface area contributed by atoms with Crippen molar-refractivity contribution >= 4 is 5.97 Å². The molecule has 1 rings (SSSR count). The van der Waals surface area contributed by atoms with Crippen molar-refractivity contribution in [3.8, 4) is 12.3 Å². The first-order valence-corrected chi connectivity index (χ1v) is 5.26. The maximum absolute atomic E-state index is 11.8. The molecule has 1 saturated carbocycles. The summed E-state index contributed by atoms with van der Waals surface area (Å²) in [6.07, 6.45) is 6.59. The molecule has 0 heterocycles. The van der Waals surface area contributed by atoms with Crippen molar-refractivity contribution in [1.29, 1.82) is 0 Å². The second kappa shape index (κ2) is 3.86. The highest BCUT2D eigenvalue weighted by Gasteiger charge is 2.58. The molecular weight excluding hydrogens is 192 g/mol. The van der Waals surface area contributed by atoms with Crippen LogP contribution in [0.1, 0.15) is 33.6 Å². The summed E-state index contributed by atoms with van der Waals surface area (Å²) in [7, 11) is 0. The lowest BCUT2D eigenvalue weighted by Crippen LogP contribution is -2.49. The van der Waals surface area contributed by atoms with Crippen LogP contribution in [-0.2, 0) is 9.53 Å². The molecule has 3 heteroatoms. The summed E-state index contributed by atoms with van der Waals surface area (Å²) in [4.78, 5) is 11.8. The normalized spacial score (nSPS) is 39.8. The second-order valence-corrected chi connectivity index (χ2v) is 4.46. The Hall–Kier alpha value is -1.01. The molecule has 3 atom stereocenters. The zero-order valence-electron chi connectivity index (χ0n) is 9.54. The van der Waals surface area contributed by atoms with Gasteiger partial charge in [0.25, 0.3) is 0 Å². The zero-order chi connectivity index (χ0) is 11.7. The Labute approximate surface area is 90.8 Å². The molecule has 1 aliphatic carbocycles. The van der Waals surface area contributed by atoms with Gasteiger partial charge in [0, 0.05) is 5.92 Å². The molecule has 0 unspecified atom stereocenters. The van der Waals surface area contributed by atoms with Gasteiger partial charge < -0.3 is 9.84 Å². The molecule has 0 bridgehead atoms. The van der Waals surface area contributed by atoms with Crippen LogP contribution >= 0.6 is 0 Å². The van der Waals surface area contributed by atoms with Crippen LogP contribution in [0, 0.1) is 23.7 Å². The average molecular weight is 210 g/mol. The minimum absolute atomic E-state index is 0.271. The number of aliphatic hydroxyl groups is 1. The van der Waals surface area contributed by atoms with Crippen LogP contribution in [0.2, 0.25) is 0 Å². The number of ether oxygens (including phenoxy) is 1. The van der Waals surface area contributed by atoms with E-state index in [0.717, 1.165) is 0 Å². The minimum Gasteiger partial charge on any atom is -0.465 e. The van der Waals surface area contributed by atoms with Crippen molar-refractivity contribution in [3.05, 3.63) is 0 Å². The van der Waals surface area contributed by atoms with Gasteiger partial charge in [-0.25, -0.2) is 0 Å². The summed E-state index contributed by atoms with van der Waals surface area (Å²) < 4.78 is 4.99. The van der Waals surface area contributed by atoms with Gasteiger partial charge in [-0.1, -0.05) is 0 Å². The summed E-state index contributed by atoms with van der Waals surface area (Å²) in [6, 6.07) is 0. The van der Waals surface area contributed by atoms with E-state index in [2.05, 4.69) is 5.92 Å². The first-order valence-electron chi connectivity index (χ1n) is 5.26. The summed E-state index contributed by atoms with van der Waals surface area (Å²) in [5.74, 6) is 1.92. The molecule has 0 aromatic heterocycles. The van der Waals surface area contributed by atoms with E-state index in [9.17, 15) is 9.90 Å². The summed E-state index contributed by atoms with van der Waals surface area (Å²) >= 11 is 0. The summed E-state index contributed by atoms with van der Waals surface area (Å²) in [6.45, 7) is 5.43. The van der Waals surface area contributed by atoms with E-state index < -0.39 is 11.0 Å². The van der Waals surface area contributed by atoms with Crippen LogP contribution in [0.5, 0.6) is 0 Å². The Kier molecular flexibility index (Phi) is 3.11. The van der Waals surface area contributed by atoms with E-state index in [-0.39, 0.29) is 11.9 Å². The summed E-state index contributed by atoms with van der Waals surface area (Å²) in [5.41, 5.74) is -2.05. The maximum atomic E-state index is 11.8. The number of carbonyl (C=O) groups excluding carboxylic acids is 1. The molecule has 0 aromatic rings. The van der Waals surface area contributed by atoms with Gasteiger partial charge in [0.1, 0.15) is 0 Å². The third-order valence-corrected chi connectivity index (χ3v) is 3.66. The fraction of sp³-hybridized carbons (Fsp3) is 0.750. The number of carbonyl (C=O) groups is 1. The predicted octanol–water partition coefficient (Wildman–Crippen LogP) is 1.35. The van der Waals surface area contributed by atoms with Crippen LogP contribution in [0.25, 0.3) is 0 Å². The third kappa shape index (κ3) is 1.63. The summed E-state index contributed by atoms with van der Waals surface area (Å²) in [5, 5.41) is 10.3. The molecule has 0 radical (unpaired) electrons. The number of esters is 1. The zero-order valence-corrected chi connectivity index (χ0v) is 9.54. The largest absolute Gasteiger partial charge is 0.465 e. The van der Waals surface area contributed by atoms with Gasteiger partial charge in [-0.2, -0.15) is 0 Å². The van der Waals surface area contributed by atoms with E-state index in [1.165, 1.54) is 0 Å². The Bertz CT molecular complexity index is 300. The Morgan fingerprint density at radius 2 is 2.27 bits per heavy atom. The van der Waals surface area contributed by atoms with E-state index in [0.29, 0.717) is 19.4 Å². The first kappa shape index (κ1) is 12.1. The maximum Gasteiger partial charge on any atom is 0.314 e. The monoisotopic (exact) mass is 210 g/mol. The number of terminal acetylenes is 1. The van der Waals surface area contributed by atoms with Crippen LogP contribution < -0.4 is 0 Å². The molecule has 15 heavy (non-hydrogen) atoms. The van der Waals surface area contributed by atoms with Crippen LogP contribution in [0.15, 0.2) is 0 Å². The van der Waals surface area contributed by atoms with Crippen molar-refractivity contribution in [2.45, 2.75) is 39.2 Å². The lowest BCUT2D eigenvalue weighted by molar-refractivity contribution is -0.168. The molecule has 0 aromatic carbocycles. The van der Waals surface area contributed by atoms with Gasteiger partial charge in [-0.05, 0) is 33.6 Å². The smallest absolute Gasteiger partial charge is 0.314 e. The molecule has 3 nitrogen and oxygen atoms in total. The Morgan fingerprint density at radius 1 is 1.67 bits per heavy atom. The lowest BCUT2D eigenvalue weighted by Gasteiger charge is -2.36. The van der Waals surface area contributed by atoms with Gasteiger partial charge in [-0.15, -0.1) is 12.3 Å². The fourth-order valence-corrected chi connectivity index (χ4v) is 2.20.